The van der Waals surface area contributed by atoms with Gasteiger partial charge in [0, 0.05) is 31.6 Å². The van der Waals surface area contributed by atoms with Gasteiger partial charge in [-0.05, 0) is 38.8 Å². The molecule has 220 valence electrons. The Morgan fingerprint density at radius 1 is 1.07 bits per heavy atom. The van der Waals surface area contributed by atoms with Crippen molar-refractivity contribution in [1.82, 2.24) is 25.1 Å². The molecule has 1 aliphatic rings. The molecule has 0 fully saturated rings. The summed E-state index contributed by atoms with van der Waals surface area (Å²) in [6, 6.07) is -0.256. The maximum atomic E-state index is 14.3. The number of nitrogens with one attached hydrogen (secondary N) is 2. The predicted molar refractivity (Wildman–Crippen MR) is 127 cm³/mol. The molecule has 40 heavy (non-hydrogen) atoms. The molecule has 2 heterocycles. The number of ether oxygens (including phenoxy) is 1. The van der Waals surface area contributed by atoms with Gasteiger partial charge in [0.1, 0.15) is 11.4 Å². The SMILES string of the molecule is CC(C)(C)OC(=O)N[C@@H](CC(=O)N1CCn2c(C(F)(F)F)nc(C(=O)NCN)c2C1)Cc1cc(F)c(F)cc1F. The highest BCUT2D eigenvalue weighted by Gasteiger charge is 2.42. The number of carbonyl (C=O) groups is 3. The lowest BCUT2D eigenvalue weighted by Crippen LogP contribution is -2.46. The van der Waals surface area contributed by atoms with E-state index in [1.165, 1.54) is 0 Å². The standard InChI is InChI=1S/C24H28F6N6O4/c1-23(2,3)40-22(39)33-13(6-12-7-15(26)16(27)9-14(12)25)8-18(37)35-4-5-36-17(10-35)19(20(38)32-11-31)34-21(36)24(28,29)30/h7,9,13H,4-6,8,10-11,31H2,1-3H3,(H,32,38)(H,33,39)/t13-/m1/s1. The highest BCUT2D eigenvalue weighted by atomic mass is 19.4. The molecule has 0 saturated heterocycles. The second-order valence-electron chi connectivity index (χ2n) is 10.0. The number of halogens is 6. The Bertz CT molecular complexity index is 1290. The lowest BCUT2D eigenvalue weighted by Gasteiger charge is -2.31. The van der Waals surface area contributed by atoms with Gasteiger partial charge in [-0.3, -0.25) is 9.59 Å². The van der Waals surface area contributed by atoms with Crippen LogP contribution in [0.3, 0.4) is 0 Å². The summed E-state index contributed by atoms with van der Waals surface area (Å²) < 4.78 is 88.1. The van der Waals surface area contributed by atoms with E-state index in [1.807, 2.05) is 0 Å². The fraction of sp³-hybridized carbons (Fsp3) is 0.500. The van der Waals surface area contributed by atoms with E-state index in [0.29, 0.717) is 12.1 Å². The highest BCUT2D eigenvalue weighted by Crippen LogP contribution is 2.32. The summed E-state index contributed by atoms with van der Waals surface area (Å²) in [7, 11) is 0. The molecule has 0 radical (unpaired) electrons. The topological polar surface area (TPSA) is 132 Å². The van der Waals surface area contributed by atoms with Gasteiger partial charge in [-0.15, -0.1) is 0 Å². The number of rotatable bonds is 7. The van der Waals surface area contributed by atoms with E-state index >= 15 is 0 Å². The fourth-order valence-corrected chi connectivity index (χ4v) is 4.13. The number of fused-ring (bicyclic) bond motifs is 1. The average Bonchev–Trinajstić information content (AvgIpc) is 3.21. The number of hydrogen-bond acceptors (Lipinski definition) is 6. The van der Waals surface area contributed by atoms with Crippen LogP contribution in [0.5, 0.6) is 0 Å². The quantitative estimate of drug-likeness (QED) is 0.263. The van der Waals surface area contributed by atoms with Gasteiger partial charge in [0.05, 0.1) is 18.9 Å². The Hall–Kier alpha value is -3.82. The summed E-state index contributed by atoms with van der Waals surface area (Å²) in [5.74, 6) is -6.84. The number of alkyl halides is 3. The third kappa shape index (κ3) is 7.43. The zero-order chi connectivity index (χ0) is 30.0. The van der Waals surface area contributed by atoms with Crippen LogP contribution in [0.2, 0.25) is 0 Å². The van der Waals surface area contributed by atoms with Gasteiger partial charge in [0.2, 0.25) is 11.7 Å². The van der Waals surface area contributed by atoms with Crippen LogP contribution < -0.4 is 16.4 Å². The molecule has 0 saturated carbocycles. The van der Waals surface area contributed by atoms with E-state index in [9.17, 15) is 40.7 Å². The number of amides is 3. The van der Waals surface area contributed by atoms with Crippen molar-refractivity contribution in [2.75, 3.05) is 13.2 Å². The van der Waals surface area contributed by atoms with Crippen LogP contribution in [0.15, 0.2) is 12.1 Å². The first-order valence-electron chi connectivity index (χ1n) is 12.1. The minimum atomic E-state index is -4.88. The number of benzene rings is 1. The molecule has 0 bridgehead atoms. The van der Waals surface area contributed by atoms with Crippen molar-refractivity contribution in [2.45, 2.75) is 64.5 Å². The van der Waals surface area contributed by atoms with E-state index in [2.05, 4.69) is 15.6 Å². The molecule has 0 unspecified atom stereocenters. The van der Waals surface area contributed by atoms with Crippen molar-refractivity contribution >= 4 is 17.9 Å². The Morgan fingerprint density at radius 2 is 1.73 bits per heavy atom. The molecule has 1 atom stereocenters. The average molecular weight is 579 g/mol. The first-order chi connectivity index (χ1) is 18.5. The van der Waals surface area contributed by atoms with Gasteiger partial charge in [-0.2, -0.15) is 13.2 Å². The molecular formula is C24H28F6N6O4. The van der Waals surface area contributed by atoms with E-state index in [1.54, 1.807) is 20.8 Å². The van der Waals surface area contributed by atoms with Gasteiger partial charge >= 0.3 is 12.3 Å². The van der Waals surface area contributed by atoms with Crippen LogP contribution in [0.25, 0.3) is 0 Å². The van der Waals surface area contributed by atoms with Crippen molar-refractivity contribution in [2.24, 2.45) is 5.73 Å². The minimum Gasteiger partial charge on any atom is -0.444 e. The second kappa shape index (κ2) is 11.7. The number of nitrogens with zero attached hydrogens (tertiary/aromatic N) is 3. The number of aromatic nitrogens is 2. The first-order valence-corrected chi connectivity index (χ1v) is 12.1. The normalized spacial score (nSPS) is 14.4. The Balaban J connectivity index is 1.86. The molecule has 4 N–H and O–H groups in total. The molecule has 0 aliphatic carbocycles. The maximum absolute atomic E-state index is 14.3. The van der Waals surface area contributed by atoms with E-state index in [0.717, 1.165) is 9.47 Å². The van der Waals surface area contributed by atoms with Crippen LogP contribution in [0, 0.1) is 17.5 Å². The van der Waals surface area contributed by atoms with Crippen LogP contribution in [-0.2, 0) is 35.2 Å². The monoisotopic (exact) mass is 578 g/mol. The van der Waals surface area contributed by atoms with Gasteiger partial charge in [-0.1, -0.05) is 0 Å². The minimum absolute atomic E-state index is 0.179. The lowest BCUT2D eigenvalue weighted by atomic mass is 10.0. The van der Waals surface area contributed by atoms with E-state index in [-0.39, 0.29) is 31.0 Å². The summed E-state index contributed by atoms with van der Waals surface area (Å²) in [4.78, 5) is 42.6. The van der Waals surface area contributed by atoms with Gasteiger partial charge in [0.15, 0.2) is 17.3 Å². The lowest BCUT2D eigenvalue weighted by molar-refractivity contribution is -0.148. The van der Waals surface area contributed by atoms with Gasteiger partial charge in [0.25, 0.3) is 5.91 Å². The van der Waals surface area contributed by atoms with Crippen molar-refractivity contribution in [3.8, 4) is 0 Å². The number of nitrogens with two attached hydrogens (primary N) is 1. The van der Waals surface area contributed by atoms with Crippen LogP contribution in [0.1, 0.15) is 54.8 Å². The number of hydrogen-bond donors (Lipinski definition) is 3. The maximum Gasteiger partial charge on any atom is 0.449 e. The zero-order valence-corrected chi connectivity index (χ0v) is 21.8. The van der Waals surface area contributed by atoms with Crippen molar-refractivity contribution in [1.29, 1.82) is 0 Å². The summed E-state index contributed by atoms with van der Waals surface area (Å²) in [6.45, 7) is 3.37. The summed E-state index contributed by atoms with van der Waals surface area (Å²) >= 11 is 0. The first kappa shape index (κ1) is 30.7. The molecule has 10 nitrogen and oxygen atoms in total. The van der Waals surface area contributed by atoms with Gasteiger partial charge in [-0.25, -0.2) is 22.9 Å². The smallest absolute Gasteiger partial charge is 0.444 e. The Labute approximate surface area is 224 Å². The fourth-order valence-electron chi connectivity index (χ4n) is 4.13. The highest BCUT2D eigenvalue weighted by molar-refractivity contribution is 5.93. The third-order valence-electron chi connectivity index (χ3n) is 5.79. The van der Waals surface area contributed by atoms with Crippen molar-refractivity contribution in [3.05, 3.63) is 52.4 Å². The van der Waals surface area contributed by atoms with Gasteiger partial charge < -0.3 is 30.6 Å². The predicted octanol–water partition coefficient (Wildman–Crippen LogP) is 2.83. The molecule has 16 heteroatoms. The second-order valence-corrected chi connectivity index (χ2v) is 10.0. The Morgan fingerprint density at radius 3 is 2.33 bits per heavy atom. The summed E-state index contributed by atoms with van der Waals surface area (Å²) in [5, 5.41) is 4.58. The molecule has 3 amide bonds. The number of carbonyl (C=O) groups excluding carboxylic acids is 3. The number of alkyl carbamates (subject to hydrolysis) is 1. The van der Waals surface area contributed by atoms with E-state index < -0.39 is 84.1 Å². The molecule has 1 aromatic carbocycles. The largest absolute Gasteiger partial charge is 0.449 e. The molecule has 3 rings (SSSR count). The van der Waals surface area contributed by atoms with Crippen LogP contribution in [-0.4, -0.2) is 57.2 Å². The molecule has 1 aromatic heterocycles. The zero-order valence-electron chi connectivity index (χ0n) is 21.8. The van der Waals surface area contributed by atoms with Crippen LogP contribution in [0.4, 0.5) is 31.1 Å². The molecule has 1 aliphatic heterocycles. The summed E-state index contributed by atoms with van der Waals surface area (Å²) in [5.41, 5.74) is 3.26. The van der Waals surface area contributed by atoms with Crippen molar-refractivity contribution < 1.29 is 45.5 Å². The van der Waals surface area contributed by atoms with Crippen molar-refractivity contribution in [3.63, 3.8) is 0 Å². The number of imidazole rings is 1. The third-order valence-corrected chi connectivity index (χ3v) is 5.79. The summed E-state index contributed by atoms with van der Waals surface area (Å²) in [6.07, 6.45) is -6.80. The molecule has 2 aromatic rings. The molecule has 0 spiro atoms. The molecular weight excluding hydrogens is 550 g/mol. The van der Waals surface area contributed by atoms with E-state index in [4.69, 9.17) is 10.5 Å². The van der Waals surface area contributed by atoms with Crippen LogP contribution >= 0.6 is 0 Å². The Kier molecular flexibility index (Phi) is 9.01.